The van der Waals surface area contributed by atoms with Gasteiger partial charge < -0.3 is 15.4 Å². The first-order chi connectivity index (χ1) is 11.4. The average molecular weight is 359 g/mol. The summed E-state index contributed by atoms with van der Waals surface area (Å²) in [5, 5.41) is 5.26. The van der Waals surface area contributed by atoms with E-state index in [0.717, 1.165) is 12.1 Å². The molecule has 128 valence electrons. The summed E-state index contributed by atoms with van der Waals surface area (Å²) in [6, 6.07) is 10.6. The summed E-state index contributed by atoms with van der Waals surface area (Å²) in [4.78, 5) is 11.7. The van der Waals surface area contributed by atoms with Gasteiger partial charge in [0, 0.05) is 5.69 Å². The molecule has 8 heteroatoms. The summed E-state index contributed by atoms with van der Waals surface area (Å²) in [5.74, 6) is 0.485. The van der Waals surface area contributed by atoms with Gasteiger partial charge in [-0.15, -0.1) is 0 Å². The zero-order valence-electron chi connectivity index (χ0n) is 12.4. The molecule has 0 spiro atoms. The van der Waals surface area contributed by atoms with Crippen LogP contribution in [-0.4, -0.2) is 19.2 Å². The molecule has 0 aliphatic carbocycles. The van der Waals surface area contributed by atoms with Crippen molar-refractivity contribution in [2.45, 2.75) is 6.18 Å². The predicted molar refractivity (Wildman–Crippen MR) is 85.4 cm³/mol. The highest BCUT2D eigenvalue weighted by Gasteiger charge is 2.30. The minimum absolute atomic E-state index is 0.0503. The molecule has 0 bridgehead atoms. The molecule has 0 saturated heterocycles. The van der Waals surface area contributed by atoms with Gasteiger partial charge in [0.2, 0.25) is 0 Å². The maximum Gasteiger partial charge on any atom is 0.416 e. The summed E-state index contributed by atoms with van der Waals surface area (Å²) in [6.07, 6.45) is -4.46. The number of benzene rings is 2. The van der Waals surface area contributed by atoms with Crippen LogP contribution in [0.3, 0.4) is 0 Å². The van der Waals surface area contributed by atoms with Crippen LogP contribution >= 0.6 is 11.6 Å². The number of anilines is 1. The van der Waals surface area contributed by atoms with Crippen LogP contribution < -0.4 is 15.4 Å². The molecule has 0 atom stereocenters. The first-order valence-electron chi connectivity index (χ1n) is 6.96. The first-order valence-corrected chi connectivity index (χ1v) is 7.33. The molecule has 2 N–H and O–H groups in total. The summed E-state index contributed by atoms with van der Waals surface area (Å²) < 4.78 is 43.2. The molecule has 4 nitrogen and oxygen atoms in total. The largest absolute Gasteiger partial charge is 0.490 e. The fourth-order valence-electron chi connectivity index (χ4n) is 1.84. The Balaban J connectivity index is 1.79. The number of alkyl halides is 3. The highest BCUT2D eigenvalue weighted by atomic mass is 35.5. The van der Waals surface area contributed by atoms with E-state index in [1.54, 1.807) is 24.3 Å². The molecule has 0 unspecified atom stereocenters. The SMILES string of the molecule is O=C(NCCOc1ccccc1Cl)Nc1cccc(C(F)(F)F)c1. The van der Waals surface area contributed by atoms with Gasteiger partial charge in [0.05, 0.1) is 17.1 Å². The van der Waals surface area contributed by atoms with Gasteiger partial charge in [-0.2, -0.15) is 13.2 Å². The van der Waals surface area contributed by atoms with Crippen molar-refractivity contribution in [2.75, 3.05) is 18.5 Å². The van der Waals surface area contributed by atoms with E-state index in [2.05, 4.69) is 10.6 Å². The lowest BCUT2D eigenvalue weighted by Gasteiger charge is -2.11. The zero-order chi connectivity index (χ0) is 17.6. The minimum Gasteiger partial charge on any atom is -0.490 e. The number of halogens is 4. The summed E-state index contributed by atoms with van der Waals surface area (Å²) in [7, 11) is 0. The number of hydrogen-bond donors (Lipinski definition) is 2. The fourth-order valence-corrected chi connectivity index (χ4v) is 2.03. The van der Waals surface area contributed by atoms with Gasteiger partial charge in [-0.1, -0.05) is 29.8 Å². The Morgan fingerprint density at radius 1 is 1.12 bits per heavy atom. The molecular formula is C16H14ClF3N2O2. The Morgan fingerprint density at radius 2 is 1.88 bits per heavy atom. The van der Waals surface area contributed by atoms with Crippen molar-refractivity contribution in [1.29, 1.82) is 0 Å². The van der Waals surface area contributed by atoms with E-state index in [9.17, 15) is 18.0 Å². The van der Waals surface area contributed by atoms with E-state index < -0.39 is 17.8 Å². The lowest BCUT2D eigenvalue weighted by molar-refractivity contribution is -0.137. The van der Waals surface area contributed by atoms with E-state index in [1.807, 2.05) is 0 Å². The van der Waals surface area contributed by atoms with Gasteiger partial charge in [-0.05, 0) is 30.3 Å². The Hall–Kier alpha value is -2.41. The topological polar surface area (TPSA) is 50.4 Å². The van der Waals surface area contributed by atoms with Crippen LogP contribution in [0.4, 0.5) is 23.7 Å². The van der Waals surface area contributed by atoms with Crippen LogP contribution in [0.5, 0.6) is 5.75 Å². The van der Waals surface area contributed by atoms with Gasteiger partial charge in [-0.3, -0.25) is 0 Å². The van der Waals surface area contributed by atoms with Crippen molar-refractivity contribution >= 4 is 23.3 Å². The minimum atomic E-state index is -4.46. The quantitative estimate of drug-likeness (QED) is 0.770. The van der Waals surface area contributed by atoms with Gasteiger partial charge in [0.15, 0.2) is 0 Å². The van der Waals surface area contributed by atoms with Crippen LogP contribution in [0, 0.1) is 0 Å². The van der Waals surface area contributed by atoms with Crippen molar-refractivity contribution in [1.82, 2.24) is 5.32 Å². The van der Waals surface area contributed by atoms with Crippen molar-refractivity contribution in [3.8, 4) is 5.75 Å². The second kappa shape index (κ2) is 7.92. The Labute approximate surface area is 141 Å². The lowest BCUT2D eigenvalue weighted by atomic mass is 10.2. The second-order valence-electron chi connectivity index (χ2n) is 4.74. The van der Waals surface area contributed by atoms with Gasteiger partial charge in [0.25, 0.3) is 0 Å². The number of urea groups is 1. The molecule has 2 amide bonds. The molecule has 24 heavy (non-hydrogen) atoms. The van der Waals surface area contributed by atoms with Crippen LogP contribution in [-0.2, 0) is 6.18 Å². The highest BCUT2D eigenvalue weighted by Crippen LogP contribution is 2.30. The normalized spacial score (nSPS) is 11.0. The Morgan fingerprint density at radius 3 is 2.58 bits per heavy atom. The lowest BCUT2D eigenvalue weighted by Crippen LogP contribution is -2.32. The van der Waals surface area contributed by atoms with Crippen molar-refractivity contribution in [2.24, 2.45) is 0 Å². The molecule has 0 aliphatic heterocycles. The number of rotatable bonds is 5. The predicted octanol–water partition coefficient (Wildman–Crippen LogP) is 4.56. The maximum atomic E-state index is 12.6. The Kier molecular flexibility index (Phi) is 5.92. The second-order valence-corrected chi connectivity index (χ2v) is 5.15. The van der Waals surface area contributed by atoms with E-state index >= 15 is 0 Å². The molecule has 0 saturated carbocycles. The number of ether oxygens (including phenoxy) is 1. The number of nitrogens with one attached hydrogen (secondary N) is 2. The zero-order valence-corrected chi connectivity index (χ0v) is 13.1. The van der Waals surface area contributed by atoms with E-state index in [-0.39, 0.29) is 18.8 Å². The molecule has 2 aromatic carbocycles. The molecule has 2 rings (SSSR count). The molecule has 0 fully saturated rings. The average Bonchev–Trinajstić information content (AvgIpc) is 2.52. The van der Waals surface area contributed by atoms with Crippen LogP contribution in [0.25, 0.3) is 0 Å². The molecule has 0 aromatic heterocycles. The number of para-hydroxylation sites is 1. The summed E-state index contributed by atoms with van der Waals surface area (Å²) in [5.41, 5.74) is -0.781. The summed E-state index contributed by atoms with van der Waals surface area (Å²) >= 11 is 5.91. The maximum absolute atomic E-state index is 12.6. The highest BCUT2D eigenvalue weighted by molar-refractivity contribution is 6.32. The van der Waals surface area contributed by atoms with Crippen molar-refractivity contribution in [3.63, 3.8) is 0 Å². The van der Waals surface area contributed by atoms with E-state index in [4.69, 9.17) is 16.3 Å². The van der Waals surface area contributed by atoms with Gasteiger partial charge in [-0.25, -0.2) is 4.79 Å². The number of hydrogen-bond acceptors (Lipinski definition) is 2. The van der Waals surface area contributed by atoms with E-state index in [0.29, 0.717) is 10.8 Å². The van der Waals surface area contributed by atoms with Crippen LogP contribution in [0.1, 0.15) is 5.56 Å². The standard InChI is InChI=1S/C16H14ClF3N2O2/c17-13-6-1-2-7-14(13)24-9-8-21-15(23)22-12-5-3-4-11(10-12)16(18,19)20/h1-7,10H,8-9H2,(H2,21,22,23). The number of carbonyl (C=O) groups is 1. The third-order valence-electron chi connectivity index (χ3n) is 2.93. The third-order valence-corrected chi connectivity index (χ3v) is 3.24. The molecular weight excluding hydrogens is 345 g/mol. The third kappa shape index (κ3) is 5.34. The van der Waals surface area contributed by atoms with Crippen LogP contribution in [0.15, 0.2) is 48.5 Å². The van der Waals surface area contributed by atoms with E-state index in [1.165, 1.54) is 12.1 Å². The molecule has 0 aliphatic rings. The van der Waals surface area contributed by atoms with Crippen molar-refractivity contribution in [3.05, 3.63) is 59.1 Å². The number of carbonyl (C=O) groups excluding carboxylic acids is 1. The smallest absolute Gasteiger partial charge is 0.416 e. The fraction of sp³-hybridized carbons (Fsp3) is 0.188. The number of amides is 2. The monoisotopic (exact) mass is 358 g/mol. The molecule has 0 heterocycles. The van der Waals surface area contributed by atoms with Crippen LogP contribution in [0.2, 0.25) is 5.02 Å². The molecule has 0 radical (unpaired) electrons. The van der Waals surface area contributed by atoms with Crippen molar-refractivity contribution < 1.29 is 22.7 Å². The first kappa shape index (κ1) is 17.9. The molecule has 2 aromatic rings. The van der Waals surface area contributed by atoms with Gasteiger partial charge in [0.1, 0.15) is 12.4 Å². The Bertz CT molecular complexity index is 708. The summed E-state index contributed by atoms with van der Waals surface area (Å²) in [6.45, 7) is 0.329. The van der Waals surface area contributed by atoms with Gasteiger partial charge >= 0.3 is 12.2 Å².